The van der Waals surface area contributed by atoms with Crippen LogP contribution in [0.1, 0.15) is 31.2 Å². The van der Waals surface area contributed by atoms with Gasteiger partial charge in [0.25, 0.3) is 5.91 Å². The molecule has 0 bridgehead atoms. The predicted octanol–water partition coefficient (Wildman–Crippen LogP) is 1.15. The van der Waals surface area contributed by atoms with E-state index in [0.717, 1.165) is 21.3 Å². The normalized spacial score (nSPS) is 10.0. The lowest BCUT2D eigenvalue weighted by molar-refractivity contribution is -0.386. The predicted molar refractivity (Wildman–Crippen MR) is 88.9 cm³/mol. The van der Waals surface area contributed by atoms with Gasteiger partial charge in [0, 0.05) is 5.69 Å². The highest BCUT2D eigenvalue weighted by Gasteiger charge is 2.30. The lowest BCUT2D eigenvalue weighted by Gasteiger charge is -2.09. The second-order valence-electron chi connectivity index (χ2n) is 4.95. The monoisotopic (exact) mass is 378 g/mol. The van der Waals surface area contributed by atoms with Gasteiger partial charge in [0.15, 0.2) is 0 Å². The van der Waals surface area contributed by atoms with E-state index in [-0.39, 0.29) is 22.7 Å². The van der Waals surface area contributed by atoms with Crippen LogP contribution in [0.15, 0.2) is 18.2 Å². The van der Waals surface area contributed by atoms with Gasteiger partial charge in [-0.3, -0.25) is 20.0 Å². The Morgan fingerprint density at radius 3 is 2.07 bits per heavy atom. The van der Waals surface area contributed by atoms with Crippen molar-refractivity contribution in [2.45, 2.75) is 0 Å². The molecule has 0 radical (unpaired) electrons. The fourth-order valence-electron chi connectivity index (χ4n) is 2.15. The maximum atomic E-state index is 12.4. The molecule has 0 saturated heterocycles. The number of nitrogens with zero attached hydrogens (tertiary/aromatic N) is 2. The largest absolute Gasteiger partial charge is 0.475 e. The molecule has 0 spiro atoms. The van der Waals surface area contributed by atoms with E-state index in [1.807, 2.05) is 0 Å². The first-order valence-corrected chi connectivity index (χ1v) is 7.22. The molecule has 2 rings (SSSR count). The fourth-order valence-corrected chi connectivity index (χ4v) is 2.15. The van der Waals surface area contributed by atoms with Crippen molar-refractivity contribution in [3.8, 4) is 5.88 Å². The number of hydrogen-bond donors (Lipinski definition) is 2. The average molecular weight is 378 g/mol. The second kappa shape index (κ2) is 7.95. The Morgan fingerprint density at radius 1 is 1.07 bits per heavy atom. The zero-order chi connectivity index (χ0) is 20.1. The van der Waals surface area contributed by atoms with E-state index in [1.54, 1.807) is 0 Å². The maximum absolute atomic E-state index is 12.4. The number of carbonyl (C=O) groups excluding carboxylic acids is 3. The summed E-state index contributed by atoms with van der Waals surface area (Å²) in [4.78, 5) is 46.2. The number of rotatable bonds is 6. The summed E-state index contributed by atoms with van der Waals surface area (Å²) >= 11 is 0. The third kappa shape index (κ3) is 4.00. The molecule has 12 nitrogen and oxygen atoms in total. The molecule has 27 heavy (non-hydrogen) atoms. The van der Waals surface area contributed by atoms with E-state index in [2.05, 4.69) is 25.0 Å². The minimum atomic E-state index is -0.935. The van der Waals surface area contributed by atoms with Gasteiger partial charge in [0.1, 0.15) is 0 Å². The number of carbonyl (C=O) groups is 3. The van der Waals surface area contributed by atoms with Crippen LogP contribution in [0, 0.1) is 10.1 Å². The third-order valence-corrected chi connectivity index (χ3v) is 3.34. The van der Waals surface area contributed by atoms with Crippen molar-refractivity contribution < 1.29 is 33.5 Å². The minimum Gasteiger partial charge on any atom is -0.475 e. The van der Waals surface area contributed by atoms with Crippen molar-refractivity contribution in [2.75, 3.05) is 26.6 Å². The van der Waals surface area contributed by atoms with Gasteiger partial charge in [0.05, 0.1) is 37.4 Å². The first-order chi connectivity index (χ1) is 12.8. The third-order valence-electron chi connectivity index (χ3n) is 3.34. The molecule has 12 heteroatoms. The number of nitrogens with one attached hydrogen (secondary N) is 2. The van der Waals surface area contributed by atoms with Crippen LogP contribution in [0.2, 0.25) is 0 Å². The summed E-state index contributed by atoms with van der Waals surface area (Å²) in [6.07, 6.45) is 0. The number of ether oxygens (including phenoxy) is 3. The van der Waals surface area contributed by atoms with Gasteiger partial charge in [-0.25, -0.2) is 9.59 Å². The summed E-state index contributed by atoms with van der Waals surface area (Å²) < 4.78 is 13.9. The van der Waals surface area contributed by atoms with Crippen LogP contribution < -0.4 is 10.1 Å². The Kier molecular flexibility index (Phi) is 5.70. The number of benzene rings is 1. The standard InChI is InChI=1S/C15H14N4O8/c1-25-13-11(19(23)24)10(17-18-13)12(20)16-9-5-7(14(21)26-2)4-8(6-9)15(22)27-3/h4-6H,1-3H3,(H,16,20)(H,17,18). The van der Waals surface area contributed by atoms with Crippen molar-refractivity contribution in [2.24, 2.45) is 0 Å². The van der Waals surface area contributed by atoms with Crippen LogP contribution in [0.3, 0.4) is 0 Å². The molecule has 1 amide bonds. The van der Waals surface area contributed by atoms with Crippen LogP contribution in [-0.4, -0.2) is 54.3 Å². The van der Waals surface area contributed by atoms with Gasteiger partial charge in [-0.15, -0.1) is 5.10 Å². The number of nitro groups is 1. The van der Waals surface area contributed by atoms with Gasteiger partial charge in [0.2, 0.25) is 5.69 Å². The van der Waals surface area contributed by atoms with E-state index in [4.69, 9.17) is 4.74 Å². The molecule has 2 N–H and O–H groups in total. The zero-order valence-corrected chi connectivity index (χ0v) is 14.4. The number of aromatic nitrogens is 2. The fraction of sp³-hybridized carbons (Fsp3) is 0.200. The molecule has 0 fully saturated rings. The summed E-state index contributed by atoms with van der Waals surface area (Å²) in [6.45, 7) is 0. The van der Waals surface area contributed by atoms with Crippen molar-refractivity contribution >= 4 is 29.2 Å². The smallest absolute Gasteiger partial charge is 0.362 e. The van der Waals surface area contributed by atoms with Crippen LogP contribution in [0.4, 0.5) is 11.4 Å². The molecule has 0 aliphatic carbocycles. The van der Waals surface area contributed by atoms with Crippen LogP contribution in [0.5, 0.6) is 5.88 Å². The molecule has 1 aromatic carbocycles. The molecule has 1 aromatic heterocycles. The Bertz CT molecular complexity index is 886. The Morgan fingerprint density at radius 2 is 1.63 bits per heavy atom. The Labute approximate surface area is 151 Å². The van der Waals surface area contributed by atoms with Crippen LogP contribution in [0.25, 0.3) is 0 Å². The van der Waals surface area contributed by atoms with Gasteiger partial charge in [-0.05, 0) is 18.2 Å². The number of amides is 1. The summed E-state index contributed by atoms with van der Waals surface area (Å²) in [7, 11) is 3.45. The molecule has 1 heterocycles. The number of anilines is 1. The van der Waals surface area contributed by atoms with Crippen molar-refractivity contribution in [3.05, 3.63) is 45.1 Å². The number of aromatic amines is 1. The number of methoxy groups -OCH3 is 3. The van der Waals surface area contributed by atoms with E-state index in [9.17, 15) is 24.5 Å². The first kappa shape index (κ1) is 19.4. The van der Waals surface area contributed by atoms with E-state index in [0.29, 0.717) is 0 Å². The summed E-state index contributed by atoms with van der Waals surface area (Å²) in [5.41, 5.74) is -1.20. The van der Waals surface area contributed by atoms with Gasteiger partial charge in [-0.2, -0.15) is 0 Å². The Hall–Kier alpha value is -3.96. The highest BCUT2D eigenvalue weighted by atomic mass is 16.6. The SMILES string of the molecule is COC(=O)c1cc(NC(=O)c2[nH]nc(OC)c2[N+](=O)[O-])cc(C(=O)OC)c1. The number of hydrogen-bond acceptors (Lipinski definition) is 9. The minimum absolute atomic E-state index is 0.00571. The molecular weight excluding hydrogens is 364 g/mol. The highest BCUT2D eigenvalue weighted by Crippen LogP contribution is 2.28. The highest BCUT2D eigenvalue weighted by molar-refractivity contribution is 6.07. The lowest BCUT2D eigenvalue weighted by Crippen LogP contribution is -2.16. The van der Waals surface area contributed by atoms with Crippen LogP contribution >= 0.6 is 0 Å². The molecule has 2 aromatic rings. The molecule has 0 unspecified atom stereocenters. The zero-order valence-electron chi connectivity index (χ0n) is 14.4. The topological polar surface area (TPSA) is 163 Å². The molecular formula is C15H14N4O8. The van der Waals surface area contributed by atoms with Crippen LogP contribution in [-0.2, 0) is 9.47 Å². The van der Waals surface area contributed by atoms with Crippen molar-refractivity contribution in [1.29, 1.82) is 0 Å². The maximum Gasteiger partial charge on any atom is 0.362 e. The average Bonchev–Trinajstić information content (AvgIpc) is 3.10. The second-order valence-corrected chi connectivity index (χ2v) is 4.95. The quantitative estimate of drug-likeness (QED) is 0.426. The number of H-pyrrole nitrogens is 1. The van der Waals surface area contributed by atoms with Gasteiger partial charge >= 0.3 is 23.5 Å². The van der Waals surface area contributed by atoms with E-state index >= 15 is 0 Å². The van der Waals surface area contributed by atoms with E-state index < -0.39 is 34.2 Å². The van der Waals surface area contributed by atoms with Gasteiger partial charge in [-0.1, -0.05) is 0 Å². The summed E-state index contributed by atoms with van der Waals surface area (Å²) in [5, 5.41) is 19.2. The Balaban J connectivity index is 2.43. The van der Waals surface area contributed by atoms with E-state index in [1.165, 1.54) is 18.2 Å². The molecule has 0 saturated carbocycles. The molecule has 0 aliphatic rings. The number of esters is 2. The summed E-state index contributed by atoms with van der Waals surface area (Å²) in [6, 6.07) is 3.68. The molecule has 0 aliphatic heterocycles. The molecule has 0 atom stereocenters. The van der Waals surface area contributed by atoms with Crippen molar-refractivity contribution in [1.82, 2.24) is 10.2 Å². The summed E-state index contributed by atoms with van der Waals surface area (Å²) in [5.74, 6) is -2.82. The first-order valence-electron chi connectivity index (χ1n) is 7.22. The van der Waals surface area contributed by atoms with Gasteiger partial charge < -0.3 is 19.5 Å². The van der Waals surface area contributed by atoms with Crippen molar-refractivity contribution in [3.63, 3.8) is 0 Å². The molecule has 142 valence electrons. The lowest BCUT2D eigenvalue weighted by atomic mass is 10.1.